The molecule has 8 heteroatoms. The standard InChI is InChI=1S/C19H15N5O3/c25-18(14-12-13-4-1-2-5-15(13)27-19(14)26)23-9-11-24-10-8-22-17(24)16-20-6-3-7-21-16/h1-8,10,12H,9,11H2,(H,23,25). The zero-order valence-corrected chi connectivity index (χ0v) is 14.2. The van der Waals surface area contributed by atoms with Crippen LogP contribution in [0.5, 0.6) is 0 Å². The van der Waals surface area contributed by atoms with Crippen molar-refractivity contribution in [3.8, 4) is 11.6 Å². The number of hydrogen-bond acceptors (Lipinski definition) is 6. The van der Waals surface area contributed by atoms with E-state index in [1.165, 1.54) is 6.07 Å². The van der Waals surface area contributed by atoms with Crippen LogP contribution in [0.1, 0.15) is 10.4 Å². The number of aromatic nitrogens is 4. The third kappa shape index (κ3) is 3.45. The van der Waals surface area contributed by atoms with Crippen LogP contribution in [0, 0.1) is 0 Å². The van der Waals surface area contributed by atoms with Crippen LogP contribution in [0.3, 0.4) is 0 Å². The number of hydrogen-bond donors (Lipinski definition) is 1. The van der Waals surface area contributed by atoms with Crippen molar-refractivity contribution < 1.29 is 9.21 Å². The summed E-state index contributed by atoms with van der Waals surface area (Å²) in [6.45, 7) is 0.763. The lowest BCUT2D eigenvalue weighted by Gasteiger charge is -2.08. The molecule has 1 amide bonds. The largest absolute Gasteiger partial charge is 0.422 e. The summed E-state index contributed by atoms with van der Waals surface area (Å²) >= 11 is 0. The molecule has 3 heterocycles. The fraction of sp³-hybridized carbons (Fsp3) is 0.105. The van der Waals surface area contributed by atoms with Gasteiger partial charge in [0.1, 0.15) is 11.1 Å². The van der Waals surface area contributed by atoms with Gasteiger partial charge in [-0.15, -0.1) is 0 Å². The van der Waals surface area contributed by atoms with Crippen LogP contribution >= 0.6 is 0 Å². The number of imidazole rings is 1. The molecule has 0 unspecified atom stereocenters. The number of fused-ring (bicyclic) bond motifs is 1. The lowest BCUT2D eigenvalue weighted by Crippen LogP contribution is -2.31. The Morgan fingerprint density at radius 3 is 2.74 bits per heavy atom. The van der Waals surface area contributed by atoms with Crippen molar-refractivity contribution in [1.82, 2.24) is 24.8 Å². The third-order valence-electron chi connectivity index (χ3n) is 4.01. The molecule has 4 rings (SSSR count). The molecule has 134 valence electrons. The monoisotopic (exact) mass is 361 g/mol. The molecule has 0 aliphatic carbocycles. The molecule has 0 spiro atoms. The Morgan fingerprint density at radius 1 is 1.07 bits per heavy atom. The Labute approximate surface area is 153 Å². The minimum atomic E-state index is -0.660. The number of rotatable bonds is 5. The van der Waals surface area contributed by atoms with E-state index in [-0.39, 0.29) is 5.56 Å². The van der Waals surface area contributed by atoms with E-state index >= 15 is 0 Å². The zero-order chi connectivity index (χ0) is 18.6. The topological polar surface area (TPSA) is 103 Å². The van der Waals surface area contributed by atoms with Gasteiger partial charge in [0.2, 0.25) is 0 Å². The summed E-state index contributed by atoms with van der Waals surface area (Å²) < 4.78 is 7.03. The number of benzene rings is 1. The first-order chi connectivity index (χ1) is 13.2. The number of nitrogens with one attached hydrogen (secondary N) is 1. The van der Waals surface area contributed by atoms with Gasteiger partial charge in [0.05, 0.1) is 0 Å². The normalized spacial score (nSPS) is 10.8. The summed E-state index contributed by atoms with van der Waals surface area (Å²) in [7, 11) is 0. The Bertz CT molecular complexity index is 1150. The molecular weight excluding hydrogens is 346 g/mol. The van der Waals surface area contributed by atoms with Crippen molar-refractivity contribution in [2.75, 3.05) is 6.54 Å². The van der Waals surface area contributed by atoms with Gasteiger partial charge in [-0.2, -0.15) is 0 Å². The second-order valence-corrected chi connectivity index (χ2v) is 5.76. The van der Waals surface area contributed by atoms with Crippen molar-refractivity contribution in [3.63, 3.8) is 0 Å². The van der Waals surface area contributed by atoms with Gasteiger partial charge in [-0.1, -0.05) is 18.2 Å². The van der Waals surface area contributed by atoms with E-state index in [0.717, 1.165) is 0 Å². The first-order valence-corrected chi connectivity index (χ1v) is 8.32. The number of nitrogens with zero attached hydrogens (tertiary/aromatic N) is 4. The van der Waals surface area contributed by atoms with E-state index in [1.54, 1.807) is 49.1 Å². The average molecular weight is 361 g/mol. The van der Waals surface area contributed by atoms with Crippen LogP contribution < -0.4 is 10.9 Å². The Kier molecular flexibility index (Phi) is 4.44. The van der Waals surface area contributed by atoms with Gasteiger partial charge in [-0.05, 0) is 18.2 Å². The Balaban J connectivity index is 1.46. The number of amides is 1. The molecule has 0 radical (unpaired) electrons. The third-order valence-corrected chi connectivity index (χ3v) is 4.01. The molecule has 0 bridgehead atoms. The molecule has 0 atom stereocenters. The van der Waals surface area contributed by atoms with Crippen LogP contribution in [-0.4, -0.2) is 32.0 Å². The molecule has 8 nitrogen and oxygen atoms in total. The van der Waals surface area contributed by atoms with Crippen LogP contribution in [-0.2, 0) is 6.54 Å². The second kappa shape index (κ2) is 7.20. The van der Waals surface area contributed by atoms with Gasteiger partial charge < -0.3 is 14.3 Å². The SMILES string of the molecule is O=C(NCCn1ccnc1-c1ncccn1)c1cc2ccccc2oc1=O. The maximum absolute atomic E-state index is 12.4. The van der Waals surface area contributed by atoms with Crippen molar-refractivity contribution in [1.29, 1.82) is 0 Å². The summed E-state index contributed by atoms with van der Waals surface area (Å²) in [6.07, 6.45) is 6.71. The highest BCUT2D eigenvalue weighted by Crippen LogP contribution is 2.13. The van der Waals surface area contributed by atoms with Crippen molar-refractivity contribution in [2.24, 2.45) is 0 Å². The summed E-state index contributed by atoms with van der Waals surface area (Å²) in [5, 5.41) is 3.43. The first kappa shape index (κ1) is 16.6. The highest BCUT2D eigenvalue weighted by Gasteiger charge is 2.14. The summed E-state index contributed by atoms with van der Waals surface area (Å²) in [5.74, 6) is 0.631. The zero-order valence-electron chi connectivity index (χ0n) is 14.2. The van der Waals surface area contributed by atoms with Crippen molar-refractivity contribution >= 4 is 16.9 Å². The van der Waals surface area contributed by atoms with E-state index in [4.69, 9.17) is 4.42 Å². The second-order valence-electron chi connectivity index (χ2n) is 5.76. The Hall–Kier alpha value is -3.81. The fourth-order valence-corrected chi connectivity index (χ4v) is 2.72. The number of para-hydroxylation sites is 1. The molecule has 4 aromatic rings. The van der Waals surface area contributed by atoms with Gasteiger partial charge in [0.25, 0.3) is 5.91 Å². The van der Waals surface area contributed by atoms with Gasteiger partial charge >= 0.3 is 5.63 Å². The highest BCUT2D eigenvalue weighted by atomic mass is 16.4. The maximum atomic E-state index is 12.4. The van der Waals surface area contributed by atoms with Gasteiger partial charge in [0.15, 0.2) is 11.6 Å². The molecule has 3 aromatic heterocycles. The van der Waals surface area contributed by atoms with E-state index < -0.39 is 11.5 Å². The summed E-state index contributed by atoms with van der Waals surface area (Å²) in [6, 6.07) is 10.3. The molecule has 0 aliphatic heterocycles. The van der Waals surface area contributed by atoms with Crippen LogP contribution in [0.2, 0.25) is 0 Å². The van der Waals surface area contributed by atoms with E-state index in [9.17, 15) is 9.59 Å². The Morgan fingerprint density at radius 2 is 1.89 bits per heavy atom. The molecular formula is C19H15N5O3. The van der Waals surface area contributed by atoms with Crippen molar-refractivity contribution in [2.45, 2.75) is 6.54 Å². The maximum Gasteiger partial charge on any atom is 0.349 e. The van der Waals surface area contributed by atoms with Crippen LogP contribution in [0.25, 0.3) is 22.6 Å². The van der Waals surface area contributed by atoms with Gasteiger partial charge in [-0.25, -0.2) is 19.7 Å². The van der Waals surface area contributed by atoms with Crippen LogP contribution in [0.4, 0.5) is 0 Å². The molecule has 0 fully saturated rings. The smallest absolute Gasteiger partial charge is 0.349 e. The van der Waals surface area contributed by atoms with Gasteiger partial charge in [0, 0.05) is 43.3 Å². The number of carbonyl (C=O) groups excluding carboxylic acids is 1. The minimum Gasteiger partial charge on any atom is -0.422 e. The summed E-state index contributed by atoms with van der Waals surface area (Å²) in [4.78, 5) is 37.0. The lowest BCUT2D eigenvalue weighted by atomic mass is 10.2. The summed E-state index contributed by atoms with van der Waals surface area (Å²) in [5.41, 5.74) is -0.233. The molecule has 0 aliphatic rings. The van der Waals surface area contributed by atoms with Gasteiger partial charge in [-0.3, -0.25) is 4.79 Å². The fourth-order valence-electron chi connectivity index (χ4n) is 2.72. The molecule has 1 aromatic carbocycles. The molecule has 1 N–H and O–H groups in total. The van der Waals surface area contributed by atoms with E-state index in [2.05, 4.69) is 20.3 Å². The predicted octanol–water partition coefficient (Wildman–Crippen LogP) is 1.88. The molecule has 27 heavy (non-hydrogen) atoms. The molecule has 0 saturated heterocycles. The van der Waals surface area contributed by atoms with Crippen LogP contribution in [0.15, 0.2) is 70.4 Å². The number of carbonyl (C=O) groups is 1. The first-order valence-electron chi connectivity index (χ1n) is 8.32. The van der Waals surface area contributed by atoms with E-state index in [0.29, 0.717) is 35.7 Å². The minimum absolute atomic E-state index is 0.0223. The molecule has 0 saturated carbocycles. The quantitative estimate of drug-likeness (QED) is 0.545. The highest BCUT2D eigenvalue weighted by molar-refractivity contribution is 5.96. The lowest BCUT2D eigenvalue weighted by molar-refractivity contribution is 0.0949. The van der Waals surface area contributed by atoms with Crippen molar-refractivity contribution in [3.05, 3.63) is 77.2 Å². The average Bonchev–Trinajstić information content (AvgIpc) is 3.16. The predicted molar refractivity (Wildman–Crippen MR) is 98.1 cm³/mol. The van der Waals surface area contributed by atoms with E-state index in [1.807, 2.05) is 10.6 Å².